The van der Waals surface area contributed by atoms with E-state index in [-0.39, 0.29) is 13.1 Å². The number of ether oxygens (including phenoxy) is 8. The minimum Gasteiger partial charge on any atom is -0.483 e. The number of carboxylic acid groups (broad SMARTS) is 1. The van der Waals surface area contributed by atoms with Gasteiger partial charge in [0.15, 0.2) is 0 Å². The molecule has 0 atom stereocenters. The van der Waals surface area contributed by atoms with E-state index in [1.165, 1.54) is 0 Å². The summed E-state index contributed by atoms with van der Waals surface area (Å²) < 4.78 is 41.1. The summed E-state index contributed by atoms with van der Waals surface area (Å²) in [5.74, 6) is 0. The molecule has 0 bridgehead atoms. The van der Waals surface area contributed by atoms with Crippen molar-refractivity contribution >= 4 is 12.9 Å². The monoisotopic (exact) mass is 414 g/mol. The molecular weight excluding hydrogens is 380 g/mol. The molecule has 0 saturated carbocycles. The van der Waals surface area contributed by atoms with E-state index in [0.717, 1.165) is 0 Å². The van der Waals surface area contributed by atoms with Crippen molar-refractivity contribution in [2.24, 2.45) is 0 Å². The van der Waals surface area contributed by atoms with Crippen molar-refractivity contribution in [2.75, 3.05) is 99.6 Å². The topological polar surface area (TPSA) is 128 Å². The SMILES string of the molecule is COCCOCCOCCOCCOCCOCCOCCOC=O.O=CO. The summed E-state index contributed by atoms with van der Waals surface area (Å²) in [7, 11) is 1.64. The molecule has 11 heteroatoms. The highest BCUT2D eigenvalue weighted by molar-refractivity contribution is 5.36. The standard InChI is InChI=1S/C16H32O9.CH2O2/c1-18-2-3-19-4-5-20-6-7-21-8-9-22-10-11-23-12-13-24-14-15-25-16-17;2-1-3/h16H,2-15H2,1H3;1H,(H,2,3). The number of rotatable bonds is 22. The second kappa shape index (κ2) is 30.4. The Bertz CT molecular complexity index is 292. The van der Waals surface area contributed by atoms with Gasteiger partial charge < -0.3 is 43.0 Å². The van der Waals surface area contributed by atoms with Gasteiger partial charge in [0.25, 0.3) is 12.9 Å². The Morgan fingerprint density at radius 2 is 0.786 bits per heavy atom. The molecule has 0 aliphatic heterocycles. The normalized spacial score (nSPS) is 10.2. The molecule has 0 aromatic heterocycles. The second-order valence-electron chi connectivity index (χ2n) is 4.74. The highest BCUT2D eigenvalue weighted by Gasteiger charge is 1.94. The van der Waals surface area contributed by atoms with Crippen LogP contribution in [0.2, 0.25) is 0 Å². The zero-order valence-corrected chi connectivity index (χ0v) is 16.6. The van der Waals surface area contributed by atoms with Gasteiger partial charge in [0, 0.05) is 7.11 Å². The number of carbonyl (C=O) groups excluding carboxylic acids is 1. The molecule has 11 nitrogen and oxygen atoms in total. The Kier molecular flexibility index (Phi) is 31.3. The van der Waals surface area contributed by atoms with Crippen LogP contribution in [-0.2, 0) is 47.5 Å². The van der Waals surface area contributed by atoms with E-state index in [1.54, 1.807) is 7.11 Å². The van der Waals surface area contributed by atoms with E-state index < -0.39 is 0 Å². The predicted molar refractivity (Wildman–Crippen MR) is 97.5 cm³/mol. The lowest BCUT2D eigenvalue weighted by Crippen LogP contribution is -2.14. The summed E-state index contributed by atoms with van der Waals surface area (Å²) in [5.41, 5.74) is 0. The number of methoxy groups -OCH3 is 1. The van der Waals surface area contributed by atoms with Gasteiger partial charge in [-0.3, -0.25) is 9.59 Å². The van der Waals surface area contributed by atoms with Crippen molar-refractivity contribution in [3.63, 3.8) is 0 Å². The maximum atomic E-state index is 9.87. The Morgan fingerprint density at radius 3 is 1.04 bits per heavy atom. The maximum Gasteiger partial charge on any atom is 0.293 e. The fourth-order valence-corrected chi connectivity index (χ4v) is 1.50. The lowest BCUT2D eigenvalue weighted by Gasteiger charge is -2.08. The van der Waals surface area contributed by atoms with Crippen LogP contribution in [0.1, 0.15) is 0 Å². The first-order valence-corrected chi connectivity index (χ1v) is 8.92. The van der Waals surface area contributed by atoms with Crippen molar-refractivity contribution < 1.29 is 52.6 Å². The number of hydrogen-bond donors (Lipinski definition) is 1. The summed E-state index contributed by atoms with van der Waals surface area (Å²) in [5, 5.41) is 6.89. The van der Waals surface area contributed by atoms with E-state index in [2.05, 4.69) is 4.74 Å². The highest BCUT2D eigenvalue weighted by Crippen LogP contribution is 1.85. The van der Waals surface area contributed by atoms with Gasteiger partial charge in [-0.15, -0.1) is 0 Å². The summed E-state index contributed by atoms with van der Waals surface area (Å²) in [4.78, 5) is 18.2. The zero-order valence-electron chi connectivity index (χ0n) is 16.6. The molecule has 0 aliphatic carbocycles. The average Bonchev–Trinajstić information content (AvgIpc) is 2.70. The maximum absolute atomic E-state index is 9.87. The summed E-state index contributed by atoms with van der Waals surface area (Å²) in [6.07, 6.45) is 0. The number of carbonyl (C=O) groups is 2. The molecule has 0 aromatic rings. The summed E-state index contributed by atoms with van der Waals surface area (Å²) >= 11 is 0. The van der Waals surface area contributed by atoms with Crippen LogP contribution < -0.4 is 0 Å². The largest absolute Gasteiger partial charge is 0.483 e. The van der Waals surface area contributed by atoms with Gasteiger partial charge in [-0.1, -0.05) is 0 Å². The Morgan fingerprint density at radius 1 is 0.536 bits per heavy atom. The van der Waals surface area contributed by atoms with Crippen LogP contribution in [0.15, 0.2) is 0 Å². The number of hydrogen-bond acceptors (Lipinski definition) is 10. The van der Waals surface area contributed by atoms with Gasteiger partial charge in [-0.25, -0.2) is 0 Å². The minimum absolute atomic E-state index is 0.250. The molecule has 0 saturated heterocycles. The molecule has 1 N–H and O–H groups in total. The third kappa shape index (κ3) is 32.3. The lowest BCUT2D eigenvalue weighted by molar-refractivity contribution is -0.130. The van der Waals surface area contributed by atoms with Crippen LogP contribution >= 0.6 is 0 Å². The summed E-state index contributed by atoms with van der Waals surface area (Å²) in [6, 6.07) is 0. The van der Waals surface area contributed by atoms with Crippen molar-refractivity contribution in [1.29, 1.82) is 0 Å². The van der Waals surface area contributed by atoms with E-state index in [9.17, 15) is 4.79 Å². The van der Waals surface area contributed by atoms with Crippen LogP contribution in [0.25, 0.3) is 0 Å². The molecule has 0 amide bonds. The van der Waals surface area contributed by atoms with E-state index in [0.29, 0.717) is 92.4 Å². The zero-order chi connectivity index (χ0) is 21.0. The van der Waals surface area contributed by atoms with Crippen LogP contribution in [0.5, 0.6) is 0 Å². The third-order valence-electron chi connectivity index (χ3n) is 2.71. The molecule has 0 fully saturated rings. The Balaban J connectivity index is 0. The fourth-order valence-electron chi connectivity index (χ4n) is 1.50. The molecule has 0 spiro atoms. The molecule has 28 heavy (non-hydrogen) atoms. The van der Waals surface area contributed by atoms with E-state index >= 15 is 0 Å². The quantitative estimate of drug-likeness (QED) is 0.184. The average molecular weight is 414 g/mol. The molecule has 0 rings (SSSR count). The Labute approximate surface area is 166 Å². The molecule has 168 valence electrons. The molecule has 0 unspecified atom stereocenters. The fraction of sp³-hybridized carbons (Fsp3) is 0.882. The van der Waals surface area contributed by atoms with Gasteiger partial charge in [0.1, 0.15) is 6.61 Å². The van der Waals surface area contributed by atoms with E-state index in [1.807, 2.05) is 0 Å². The minimum atomic E-state index is -0.250. The Hall–Kier alpha value is -1.34. The molecule has 0 aliphatic rings. The third-order valence-corrected chi connectivity index (χ3v) is 2.71. The van der Waals surface area contributed by atoms with Crippen molar-refractivity contribution in [3.05, 3.63) is 0 Å². The van der Waals surface area contributed by atoms with Gasteiger partial charge in [-0.05, 0) is 0 Å². The van der Waals surface area contributed by atoms with Crippen LogP contribution in [0, 0.1) is 0 Å². The smallest absolute Gasteiger partial charge is 0.293 e. The molecule has 0 aromatic carbocycles. The first-order valence-electron chi connectivity index (χ1n) is 8.92. The molecule has 0 heterocycles. The molecule has 0 radical (unpaired) electrons. The van der Waals surface area contributed by atoms with Gasteiger partial charge in [0.2, 0.25) is 0 Å². The van der Waals surface area contributed by atoms with Crippen molar-refractivity contribution in [1.82, 2.24) is 0 Å². The highest BCUT2D eigenvalue weighted by atomic mass is 16.6. The second-order valence-corrected chi connectivity index (χ2v) is 4.74. The predicted octanol–water partition coefficient (Wildman–Crippen LogP) is -0.394. The van der Waals surface area contributed by atoms with E-state index in [4.69, 9.17) is 43.1 Å². The van der Waals surface area contributed by atoms with Crippen LogP contribution in [0.4, 0.5) is 0 Å². The first-order chi connectivity index (χ1) is 13.8. The van der Waals surface area contributed by atoms with Crippen molar-refractivity contribution in [2.45, 2.75) is 0 Å². The van der Waals surface area contributed by atoms with Crippen LogP contribution in [0.3, 0.4) is 0 Å². The van der Waals surface area contributed by atoms with Gasteiger partial charge in [-0.2, -0.15) is 0 Å². The summed E-state index contributed by atoms with van der Waals surface area (Å²) in [6.45, 7) is 7.13. The van der Waals surface area contributed by atoms with Gasteiger partial charge >= 0.3 is 0 Å². The van der Waals surface area contributed by atoms with Gasteiger partial charge in [0.05, 0.1) is 85.9 Å². The molecular formula is C17H34O11. The van der Waals surface area contributed by atoms with Crippen LogP contribution in [-0.4, -0.2) is 118 Å². The van der Waals surface area contributed by atoms with Crippen molar-refractivity contribution in [3.8, 4) is 0 Å². The lowest BCUT2D eigenvalue weighted by atomic mass is 10.6. The first kappa shape index (κ1) is 28.9.